The van der Waals surface area contributed by atoms with Gasteiger partial charge in [-0.25, -0.2) is 9.67 Å². The molecule has 0 radical (unpaired) electrons. The van der Waals surface area contributed by atoms with Crippen molar-refractivity contribution in [1.29, 1.82) is 0 Å². The number of hydrogen-bond donors (Lipinski definition) is 0. The third-order valence-corrected chi connectivity index (χ3v) is 5.52. The molecule has 2 aromatic rings. The van der Waals surface area contributed by atoms with Gasteiger partial charge in [-0.05, 0) is 25.8 Å². The first-order valence-electron chi connectivity index (χ1n) is 9.85. The number of fused-ring (bicyclic) bond motifs is 1. The fourth-order valence-corrected chi connectivity index (χ4v) is 3.89. The number of aromatic nitrogens is 3. The van der Waals surface area contributed by atoms with Gasteiger partial charge in [0.15, 0.2) is 11.4 Å². The molecule has 4 heterocycles. The summed E-state index contributed by atoms with van der Waals surface area (Å²) in [7, 11) is 0. The van der Waals surface area contributed by atoms with Crippen molar-refractivity contribution in [3.8, 4) is 0 Å². The second-order valence-corrected chi connectivity index (χ2v) is 8.07. The highest BCUT2D eigenvalue weighted by molar-refractivity contribution is 6.05. The van der Waals surface area contributed by atoms with Gasteiger partial charge in [0.2, 0.25) is 0 Å². The van der Waals surface area contributed by atoms with Gasteiger partial charge < -0.3 is 14.4 Å². The Bertz CT molecular complexity index is 842. The van der Waals surface area contributed by atoms with Gasteiger partial charge in [-0.2, -0.15) is 5.10 Å². The molecule has 1 amide bonds. The van der Waals surface area contributed by atoms with Crippen molar-refractivity contribution in [2.75, 3.05) is 26.3 Å². The van der Waals surface area contributed by atoms with E-state index in [0.717, 1.165) is 29.6 Å². The Hall–Kier alpha value is -1.99. The lowest BCUT2D eigenvalue weighted by Crippen LogP contribution is -2.47. The Morgan fingerprint density at radius 3 is 2.41 bits per heavy atom. The van der Waals surface area contributed by atoms with Crippen molar-refractivity contribution in [3.63, 3.8) is 0 Å². The molecule has 7 heteroatoms. The monoisotopic (exact) mass is 372 g/mol. The number of nitrogens with zero attached hydrogens (tertiary/aromatic N) is 4. The molecule has 0 unspecified atom stereocenters. The zero-order chi connectivity index (χ0) is 19.2. The van der Waals surface area contributed by atoms with E-state index in [-0.39, 0.29) is 17.9 Å². The average molecular weight is 372 g/mol. The molecule has 0 aliphatic carbocycles. The van der Waals surface area contributed by atoms with Crippen LogP contribution in [-0.4, -0.2) is 57.7 Å². The minimum atomic E-state index is -0.476. The summed E-state index contributed by atoms with van der Waals surface area (Å²) in [4.78, 5) is 20.0. The van der Waals surface area contributed by atoms with Gasteiger partial charge in [0.05, 0.1) is 30.4 Å². The minimum absolute atomic E-state index is 0.0421. The first kappa shape index (κ1) is 18.4. The third-order valence-electron chi connectivity index (χ3n) is 5.52. The highest BCUT2D eigenvalue weighted by Gasteiger charge is 2.41. The Morgan fingerprint density at radius 2 is 1.81 bits per heavy atom. The Morgan fingerprint density at radius 1 is 1.15 bits per heavy atom. The van der Waals surface area contributed by atoms with Crippen LogP contribution in [0.5, 0.6) is 0 Å². The molecule has 0 saturated carbocycles. The van der Waals surface area contributed by atoms with Gasteiger partial charge >= 0.3 is 0 Å². The number of piperidine rings is 1. The van der Waals surface area contributed by atoms with Crippen LogP contribution in [0.15, 0.2) is 12.3 Å². The highest BCUT2D eigenvalue weighted by atomic mass is 16.7. The van der Waals surface area contributed by atoms with Crippen LogP contribution in [0.4, 0.5) is 0 Å². The summed E-state index contributed by atoms with van der Waals surface area (Å²) in [6.45, 7) is 10.9. The number of amides is 1. The summed E-state index contributed by atoms with van der Waals surface area (Å²) in [5.74, 6) is -0.197. The van der Waals surface area contributed by atoms with Gasteiger partial charge in [-0.15, -0.1) is 0 Å². The van der Waals surface area contributed by atoms with Crippen LogP contribution < -0.4 is 0 Å². The summed E-state index contributed by atoms with van der Waals surface area (Å²) in [6.07, 6.45) is 3.21. The smallest absolute Gasteiger partial charge is 0.254 e. The number of carbonyl (C=O) groups excluding carboxylic acids is 1. The maximum absolute atomic E-state index is 13.4. The molecule has 27 heavy (non-hydrogen) atoms. The first-order chi connectivity index (χ1) is 12.9. The zero-order valence-corrected chi connectivity index (χ0v) is 16.6. The molecule has 2 fully saturated rings. The second kappa shape index (κ2) is 6.87. The van der Waals surface area contributed by atoms with E-state index in [2.05, 4.69) is 32.8 Å². The molecule has 0 N–H and O–H groups in total. The lowest BCUT2D eigenvalue weighted by molar-refractivity contribution is -0.181. The summed E-state index contributed by atoms with van der Waals surface area (Å²) >= 11 is 0. The topological polar surface area (TPSA) is 69.5 Å². The SMILES string of the molecule is CC(C)c1cc(C(=O)N2CCC3(CC2)OCCO3)c2cnn(C(C)C)c2n1. The van der Waals surface area contributed by atoms with Gasteiger partial charge in [0, 0.05) is 37.7 Å². The van der Waals surface area contributed by atoms with Crippen LogP contribution >= 0.6 is 0 Å². The maximum atomic E-state index is 13.4. The van der Waals surface area contributed by atoms with E-state index in [1.807, 2.05) is 15.6 Å². The molecular weight excluding hydrogens is 344 g/mol. The molecule has 0 aromatic carbocycles. The fourth-order valence-electron chi connectivity index (χ4n) is 3.89. The van der Waals surface area contributed by atoms with Gasteiger partial charge in [-0.3, -0.25) is 4.79 Å². The molecular formula is C20H28N4O3. The summed E-state index contributed by atoms with van der Waals surface area (Å²) in [6, 6.07) is 2.13. The largest absolute Gasteiger partial charge is 0.347 e. The third kappa shape index (κ3) is 3.23. The van der Waals surface area contributed by atoms with Gasteiger partial charge in [0.1, 0.15) is 0 Å². The Balaban J connectivity index is 1.67. The highest BCUT2D eigenvalue weighted by Crippen LogP contribution is 2.33. The van der Waals surface area contributed by atoms with Gasteiger partial charge in [-0.1, -0.05) is 13.8 Å². The van der Waals surface area contributed by atoms with Crippen LogP contribution in [0, 0.1) is 0 Å². The number of likely N-dealkylation sites (tertiary alicyclic amines) is 1. The molecule has 4 rings (SSSR count). The summed E-state index contributed by atoms with van der Waals surface area (Å²) in [5, 5.41) is 5.31. The van der Waals surface area contributed by atoms with Gasteiger partial charge in [0.25, 0.3) is 5.91 Å². The molecule has 146 valence electrons. The minimum Gasteiger partial charge on any atom is -0.347 e. The average Bonchev–Trinajstić information content (AvgIpc) is 3.28. The molecule has 0 bridgehead atoms. The van der Waals surface area contributed by atoms with Crippen LogP contribution in [-0.2, 0) is 9.47 Å². The molecule has 7 nitrogen and oxygen atoms in total. The molecule has 2 saturated heterocycles. The number of hydrogen-bond acceptors (Lipinski definition) is 5. The van der Waals surface area contributed by atoms with E-state index < -0.39 is 5.79 Å². The summed E-state index contributed by atoms with van der Waals surface area (Å²) < 4.78 is 13.5. The first-order valence-corrected chi connectivity index (χ1v) is 9.85. The van der Waals surface area contributed by atoms with Crippen LogP contribution in [0.3, 0.4) is 0 Å². The van der Waals surface area contributed by atoms with E-state index in [0.29, 0.717) is 31.9 Å². The number of ether oxygens (including phenoxy) is 2. The second-order valence-electron chi connectivity index (χ2n) is 8.07. The number of pyridine rings is 1. The van der Waals surface area contributed by atoms with E-state index in [4.69, 9.17) is 14.5 Å². The molecule has 0 atom stereocenters. The van der Waals surface area contributed by atoms with E-state index in [1.165, 1.54) is 0 Å². The standard InChI is InChI=1S/C20H28N4O3/c1-13(2)17-11-15(16-12-21-24(14(3)4)18(16)22-17)19(25)23-7-5-20(6-8-23)26-9-10-27-20/h11-14H,5-10H2,1-4H3. The zero-order valence-electron chi connectivity index (χ0n) is 16.6. The lowest BCUT2D eigenvalue weighted by Gasteiger charge is -2.37. The van der Waals surface area contributed by atoms with Crippen LogP contribution in [0.25, 0.3) is 11.0 Å². The summed E-state index contributed by atoms with van der Waals surface area (Å²) in [5.41, 5.74) is 2.40. The molecule has 2 aromatic heterocycles. The van der Waals surface area contributed by atoms with Crippen molar-refractivity contribution >= 4 is 16.9 Å². The quantitative estimate of drug-likeness (QED) is 0.828. The van der Waals surface area contributed by atoms with Crippen molar-refractivity contribution in [1.82, 2.24) is 19.7 Å². The Labute approximate surface area is 159 Å². The normalized spacial score (nSPS) is 19.7. The van der Waals surface area contributed by atoms with E-state index in [1.54, 1.807) is 6.20 Å². The van der Waals surface area contributed by atoms with Crippen molar-refractivity contribution in [2.24, 2.45) is 0 Å². The molecule has 2 aliphatic heterocycles. The van der Waals surface area contributed by atoms with Crippen LogP contribution in [0.1, 0.15) is 68.5 Å². The molecule has 1 spiro atoms. The van der Waals surface area contributed by atoms with Crippen molar-refractivity contribution in [3.05, 3.63) is 23.5 Å². The fraction of sp³-hybridized carbons (Fsp3) is 0.650. The van der Waals surface area contributed by atoms with E-state index in [9.17, 15) is 4.79 Å². The van der Waals surface area contributed by atoms with E-state index >= 15 is 0 Å². The predicted octanol–water partition coefficient (Wildman–Crippen LogP) is 3.11. The molecule has 2 aliphatic rings. The van der Waals surface area contributed by atoms with Crippen molar-refractivity contribution < 1.29 is 14.3 Å². The predicted molar refractivity (Wildman–Crippen MR) is 102 cm³/mol. The maximum Gasteiger partial charge on any atom is 0.254 e. The number of carbonyl (C=O) groups is 1. The Kier molecular flexibility index (Phi) is 4.68. The van der Waals surface area contributed by atoms with Crippen molar-refractivity contribution in [2.45, 2.75) is 58.3 Å². The number of rotatable bonds is 3. The van der Waals surface area contributed by atoms with Crippen LogP contribution in [0.2, 0.25) is 0 Å². The lowest BCUT2D eigenvalue weighted by atomic mass is 10.0.